The first kappa shape index (κ1) is 17.6. The Morgan fingerprint density at radius 2 is 1.92 bits per heavy atom. The van der Waals surface area contributed by atoms with Gasteiger partial charge in [0.25, 0.3) is 0 Å². The fourth-order valence-corrected chi connectivity index (χ4v) is 3.05. The van der Waals surface area contributed by atoms with Crippen molar-refractivity contribution < 1.29 is 14.3 Å². The van der Waals surface area contributed by atoms with E-state index in [1.165, 1.54) is 0 Å². The van der Waals surface area contributed by atoms with Crippen molar-refractivity contribution >= 4 is 17.5 Å². The highest BCUT2D eigenvalue weighted by molar-refractivity contribution is 6.31. The molecule has 2 atom stereocenters. The number of rotatable bonds is 5. The standard InChI is InChI=1S/C19H21ClN2O3/c1-12(21)10-18(23)22-19(14-4-2-3-5-15(14)20)13-6-7-16-17(11-13)25-9-8-24-16/h2-7,11-12,19H,8-10,21H2,1H3,(H,22,23). The molecule has 0 bridgehead atoms. The summed E-state index contributed by atoms with van der Waals surface area (Å²) >= 11 is 6.37. The Balaban J connectivity index is 1.96. The van der Waals surface area contributed by atoms with Crippen LogP contribution in [0.5, 0.6) is 11.5 Å². The number of hydrogen-bond donors (Lipinski definition) is 2. The van der Waals surface area contributed by atoms with Crippen LogP contribution in [-0.2, 0) is 4.79 Å². The van der Waals surface area contributed by atoms with Crippen molar-refractivity contribution in [3.8, 4) is 11.5 Å². The number of halogens is 1. The van der Waals surface area contributed by atoms with E-state index < -0.39 is 6.04 Å². The van der Waals surface area contributed by atoms with E-state index in [1.54, 1.807) is 13.0 Å². The molecule has 0 saturated carbocycles. The van der Waals surface area contributed by atoms with Gasteiger partial charge in [-0.25, -0.2) is 0 Å². The summed E-state index contributed by atoms with van der Waals surface area (Å²) in [7, 11) is 0. The Morgan fingerprint density at radius 3 is 2.64 bits per heavy atom. The lowest BCUT2D eigenvalue weighted by Crippen LogP contribution is -2.33. The van der Waals surface area contributed by atoms with Crippen molar-refractivity contribution in [3.05, 3.63) is 58.6 Å². The van der Waals surface area contributed by atoms with E-state index in [0.717, 1.165) is 11.1 Å². The van der Waals surface area contributed by atoms with Crippen molar-refractivity contribution in [2.75, 3.05) is 13.2 Å². The fraction of sp³-hybridized carbons (Fsp3) is 0.316. The number of hydrogen-bond acceptors (Lipinski definition) is 4. The topological polar surface area (TPSA) is 73.6 Å². The summed E-state index contributed by atoms with van der Waals surface area (Å²) < 4.78 is 11.2. The average Bonchev–Trinajstić information content (AvgIpc) is 2.59. The zero-order valence-corrected chi connectivity index (χ0v) is 14.8. The third kappa shape index (κ3) is 4.24. The molecule has 1 amide bonds. The van der Waals surface area contributed by atoms with Crippen LogP contribution in [0.25, 0.3) is 0 Å². The Morgan fingerprint density at radius 1 is 1.20 bits per heavy atom. The first-order valence-corrected chi connectivity index (χ1v) is 8.61. The average molecular weight is 361 g/mol. The molecular weight excluding hydrogens is 340 g/mol. The van der Waals surface area contributed by atoms with Gasteiger partial charge in [0, 0.05) is 17.5 Å². The van der Waals surface area contributed by atoms with E-state index in [0.29, 0.717) is 29.7 Å². The Hall–Kier alpha value is -2.24. The number of fused-ring (bicyclic) bond motifs is 1. The normalized spacial score (nSPS) is 15.3. The first-order chi connectivity index (χ1) is 12.0. The van der Waals surface area contributed by atoms with E-state index >= 15 is 0 Å². The molecule has 6 heteroatoms. The molecule has 0 fully saturated rings. The molecule has 1 heterocycles. The molecule has 0 radical (unpaired) electrons. The molecule has 0 spiro atoms. The van der Waals surface area contributed by atoms with E-state index in [4.69, 9.17) is 26.8 Å². The maximum absolute atomic E-state index is 12.3. The van der Waals surface area contributed by atoms with Crippen LogP contribution in [0, 0.1) is 0 Å². The number of ether oxygens (including phenoxy) is 2. The van der Waals surface area contributed by atoms with Crippen LogP contribution in [0.4, 0.5) is 0 Å². The Kier molecular flexibility index (Phi) is 5.46. The number of amides is 1. The first-order valence-electron chi connectivity index (χ1n) is 8.23. The van der Waals surface area contributed by atoms with Gasteiger partial charge in [-0.15, -0.1) is 0 Å². The maximum Gasteiger partial charge on any atom is 0.222 e. The second-order valence-electron chi connectivity index (χ2n) is 6.11. The number of benzene rings is 2. The maximum atomic E-state index is 12.3. The highest BCUT2D eigenvalue weighted by atomic mass is 35.5. The summed E-state index contributed by atoms with van der Waals surface area (Å²) in [5.74, 6) is 1.24. The van der Waals surface area contributed by atoms with E-state index in [1.807, 2.05) is 36.4 Å². The summed E-state index contributed by atoms with van der Waals surface area (Å²) in [5, 5.41) is 3.62. The monoisotopic (exact) mass is 360 g/mol. The van der Waals surface area contributed by atoms with Gasteiger partial charge in [0.05, 0.1) is 6.04 Å². The lowest BCUT2D eigenvalue weighted by atomic mass is 9.97. The third-order valence-electron chi connectivity index (χ3n) is 3.93. The second-order valence-corrected chi connectivity index (χ2v) is 6.51. The molecule has 3 N–H and O–H groups in total. The molecule has 2 unspecified atom stereocenters. The molecule has 3 rings (SSSR count). The van der Waals surface area contributed by atoms with Crippen molar-refractivity contribution in [1.82, 2.24) is 5.32 Å². The van der Waals surface area contributed by atoms with Gasteiger partial charge in [-0.05, 0) is 36.2 Å². The molecule has 2 aromatic rings. The van der Waals surface area contributed by atoms with Crippen molar-refractivity contribution in [2.45, 2.75) is 25.4 Å². The summed E-state index contributed by atoms with van der Waals surface area (Å²) in [4.78, 5) is 12.3. The number of nitrogens with one attached hydrogen (secondary N) is 1. The van der Waals surface area contributed by atoms with E-state index in [9.17, 15) is 4.79 Å². The van der Waals surface area contributed by atoms with Crippen molar-refractivity contribution in [3.63, 3.8) is 0 Å². The fourth-order valence-electron chi connectivity index (χ4n) is 2.80. The van der Waals surface area contributed by atoms with Gasteiger partial charge in [-0.2, -0.15) is 0 Å². The molecule has 5 nitrogen and oxygen atoms in total. The predicted octanol–water partition coefficient (Wildman–Crippen LogP) is 3.05. The number of carbonyl (C=O) groups excluding carboxylic acids is 1. The van der Waals surface area contributed by atoms with Crippen LogP contribution in [-0.4, -0.2) is 25.2 Å². The highest BCUT2D eigenvalue weighted by Gasteiger charge is 2.22. The molecule has 0 saturated heterocycles. The van der Waals surface area contributed by atoms with Crippen LogP contribution >= 0.6 is 11.6 Å². The number of nitrogens with two attached hydrogens (primary N) is 1. The number of carbonyl (C=O) groups is 1. The van der Waals surface area contributed by atoms with Crippen LogP contribution in [0.3, 0.4) is 0 Å². The molecule has 2 aromatic carbocycles. The minimum absolute atomic E-state index is 0.130. The summed E-state index contributed by atoms with van der Waals surface area (Å²) in [6.07, 6.45) is 0.242. The Labute approximate surface area is 152 Å². The minimum Gasteiger partial charge on any atom is -0.486 e. The molecule has 132 valence electrons. The van der Waals surface area contributed by atoms with Gasteiger partial charge < -0.3 is 20.5 Å². The van der Waals surface area contributed by atoms with Crippen LogP contribution in [0.1, 0.15) is 30.5 Å². The zero-order valence-electron chi connectivity index (χ0n) is 14.0. The van der Waals surface area contributed by atoms with Crippen LogP contribution in [0.15, 0.2) is 42.5 Å². The highest BCUT2D eigenvalue weighted by Crippen LogP contribution is 2.36. The lowest BCUT2D eigenvalue weighted by Gasteiger charge is -2.24. The molecule has 0 aliphatic carbocycles. The van der Waals surface area contributed by atoms with Crippen molar-refractivity contribution in [1.29, 1.82) is 0 Å². The van der Waals surface area contributed by atoms with Gasteiger partial charge >= 0.3 is 0 Å². The smallest absolute Gasteiger partial charge is 0.222 e. The predicted molar refractivity (Wildman–Crippen MR) is 97.1 cm³/mol. The molecule has 25 heavy (non-hydrogen) atoms. The molecular formula is C19H21ClN2O3. The summed E-state index contributed by atoms with van der Waals surface area (Å²) in [5.41, 5.74) is 7.43. The SMILES string of the molecule is CC(N)CC(=O)NC(c1ccc2c(c1)OCCO2)c1ccccc1Cl. The van der Waals surface area contributed by atoms with E-state index in [-0.39, 0.29) is 18.4 Å². The Bertz CT molecular complexity index is 764. The summed E-state index contributed by atoms with van der Waals surface area (Å²) in [6, 6.07) is 12.5. The van der Waals surface area contributed by atoms with Gasteiger partial charge in [0.15, 0.2) is 11.5 Å². The zero-order chi connectivity index (χ0) is 17.8. The van der Waals surface area contributed by atoms with Gasteiger partial charge in [-0.1, -0.05) is 35.9 Å². The molecule has 1 aliphatic rings. The lowest BCUT2D eigenvalue weighted by molar-refractivity contribution is -0.121. The van der Waals surface area contributed by atoms with E-state index in [2.05, 4.69) is 5.32 Å². The van der Waals surface area contributed by atoms with Crippen LogP contribution < -0.4 is 20.5 Å². The third-order valence-corrected chi connectivity index (χ3v) is 4.27. The minimum atomic E-state index is -0.393. The quantitative estimate of drug-likeness (QED) is 0.859. The summed E-state index contributed by atoms with van der Waals surface area (Å²) in [6.45, 7) is 2.84. The van der Waals surface area contributed by atoms with Crippen LogP contribution in [0.2, 0.25) is 5.02 Å². The van der Waals surface area contributed by atoms with Gasteiger partial charge in [-0.3, -0.25) is 4.79 Å². The largest absolute Gasteiger partial charge is 0.486 e. The van der Waals surface area contributed by atoms with Gasteiger partial charge in [0.2, 0.25) is 5.91 Å². The second kappa shape index (κ2) is 7.76. The molecule has 0 aromatic heterocycles. The molecule has 1 aliphatic heterocycles. The van der Waals surface area contributed by atoms with Crippen molar-refractivity contribution in [2.24, 2.45) is 5.73 Å². The van der Waals surface area contributed by atoms with Gasteiger partial charge in [0.1, 0.15) is 13.2 Å².